The van der Waals surface area contributed by atoms with Gasteiger partial charge in [0, 0.05) is 11.9 Å². The Bertz CT molecular complexity index is 679. The molecular weight excluding hydrogens is 270 g/mol. The molecule has 0 saturated heterocycles. The van der Waals surface area contributed by atoms with Crippen molar-refractivity contribution in [1.82, 2.24) is 4.57 Å². The fourth-order valence-corrected chi connectivity index (χ4v) is 2.83. The van der Waals surface area contributed by atoms with Crippen molar-refractivity contribution in [3.8, 4) is 11.4 Å². The lowest BCUT2D eigenvalue weighted by molar-refractivity contribution is 0.346. The van der Waals surface area contributed by atoms with Gasteiger partial charge >= 0.3 is 0 Å². The standard InChI is InChI=1S/C20H23NO/c1-2-9-18-12-8-15-21(18)19-13-6-7-14-20(19)22-16-17-10-4-3-5-11-17/h3-4,6-8,10,12-15H,2,5,9,11,16H2,1H3. The lowest BCUT2D eigenvalue weighted by Crippen LogP contribution is -2.06. The molecule has 0 fully saturated rings. The molecule has 2 nitrogen and oxygen atoms in total. The highest BCUT2D eigenvalue weighted by atomic mass is 16.5. The first-order valence-corrected chi connectivity index (χ1v) is 8.11. The van der Waals surface area contributed by atoms with Crippen LogP contribution in [-0.2, 0) is 6.42 Å². The summed E-state index contributed by atoms with van der Waals surface area (Å²) in [7, 11) is 0. The molecule has 1 heterocycles. The molecule has 22 heavy (non-hydrogen) atoms. The van der Waals surface area contributed by atoms with Crippen molar-refractivity contribution in [3.05, 3.63) is 72.1 Å². The minimum absolute atomic E-state index is 0.672. The van der Waals surface area contributed by atoms with Gasteiger partial charge in [0.1, 0.15) is 12.4 Å². The molecule has 1 aliphatic rings. The van der Waals surface area contributed by atoms with Gasteiger partial charge in [-0.25, -0.2) is 0 Å². The van der Waals surface area contributed by atoms with E-state index in [0.29, 0.717) is 6.61 Å². The predicted octanol–water partition coefficient (Wildman–Crippen LogP) is 5.09. The second kappa shape index (κ2) is 7.17. The molecule has 0 spiro atoms. The summed E-state index contributed by atoms with van der Waals surface area (Å²) in [6, 6.07) is 12.6. The first-order valence-electron chi connectivity index (χ1n) is 8.11. The van der Waals surface area contributed by atoms with Crippen molar-refractivity contribution in [2.45, 2.75) is 32.6 Å². The van der Waals surface area contributed by atoms with Crippen LogP contribution in [0.15, 0.2) is 66.4 Å². The molecule has 2 aromatic rings. The Labute approximate surface area is 132 Å². The van der Waals surface area contributed by atoms with Crippen LogP contribution in [0, 0.1) is 0 Å². The van der Waals surface area contributed by atoms with E-state index in [1.54, 1.807) is 0 Å². The molecule has 2 heteroatoms. The number of para-hydroxylation sites is 2. The normalized spacial score (nSPS) is 14.0. The number of benzene rings is 1. The van der Waals surface area contributed by atoms with E-state index in [0.717, 1.165) is 37.1 Å². The SMILES string of the molecule is CCCc1cccn1-c1ccccc1OCC1=CC=CCC1. The van der Waals surface area contributed by atoms with Gasteiger partial charge in [-0.05, 0) is 49.1 Å². The zero-order valence-corrected chi connectivity index (χ0v) is 13.2. The number of aryl methyl sites for hydroxylation is 1. The Morgan fingerprint density at radius 3 is 2.86 bits per heavy atom. The summed E-state index contributed by atoms with van der Waals surface area (Å²) in [5, 5.41) is 0. The zero-order chi connectivity index (χ0) is 15.2. The van der Waals surface area contributed by atoms with Crippen LogP contribution in [0.3, 0.4) is 0 Å². The van der Waals surface area contributed by atoms with E-state index in [4.69, 9.17) is 4.74 Å². The first-order chi connectivity index (χ1) is 10.9. The molecular formula is C20H23NO. The van der Waals surface area contributed by atoms with E-state index < -0.39 is 0 Å². The minimum atomic E-state index is 0.672. The molecule has 0 amide bonds. The van der Waals surface area contributed by atoms with Gasteiger partial charge in [0.15, 0.2) is 0 Å². The Morgan fingerprint density at radius 1 is 1.14 bits per heavy atom. The summed E-state index contributed by atoms with van der Waals surface area (Å²) in [6.45, 7) is 2.88. The fourth-order valence-electron chi connectivity index (χ4n) is 2.83. The lowest BCUT2D eigenvalue weighted by Gasteiger charge is -2.16. The van der Waals surface area contributed by atoms with Gasteiger partial charge in [-0.15, -0.1) is 0 Å². The van der Waals surface area contributed by atoms with Crippen LogP contribution in [0.25, 0.3) is 5.69 Å². The highest BCUT2D eigenvalue weighted by molar-refractivity contribution is 5.48. The number of hydrogen-bond acceptors (Lipinski definition) is 1. The Balaban J connectivity index is 1.82. The van der Waals surface area contributed by atoms with Crippen molar-refractivity contribution in [3.63, 3.8) is 0 Å². The van der Waals surface area contributed by atoms with E-state index >= 15 is 0 Å². The van der Waals surface area contributed by atoms with Crippen LogP contribution in [0.2, 0.25) is 0 Å². The van der Waals surface area contributed by atoms with E-state index in [1.165, 1.54) is 11.3 Å². The van der Waals surface area contributed by atoms with Crippen LogP contribution < -0.4 is 4.74 Å². The van der Waals surface area contributed by atoms with E-state index in [9.17, 15) is 0 Å². The molecule has 114 valence electrons. The van der Waals surface area contributed by atoms with Crippen molar-refractivity contribution in [2.75, 3.05) is 6.61 Å². The number of aromatic nitrogens is 1. The summed E-state index contributed by atoms with van der Waals surface area (Å²) in [4.78, 5) is 0. The maximum atomic E-state index is 6.11. The third kappa shape index (κ3) is 3.33. The number of rotatable bonds is 6. The molecule has 0 radical (unpaired) electrons. The van der Waals surface area contributed by atoms with Crippen LogP contribution in [0.1, 0.15) is 31.9 Å². The predicted molar refractivity (Wildman–Crippen MR) is 91.7 cm³/mol. The summed E-state index contributed by atoms with van der Waals surface area (Å²) in [5.74, 6) is 0.950. The zero-order valence-electron chi connectivity index (χ0n) is 13.2. The van der Waals surface area contributed by atoms with Crippen LogP contribution in [-0.4, -0.2) is 11.2 Å². The largest absolute Gasteiger partial charge is 0.487 e. The Morgan fingerprint density at radius 2 is 2.05 bits per heavy atom. The van der Waals surface area contributed by atoms with Crippen molar-refractivity contribution in [2.24, 2.45) is 0 Å². The average Bonchev–Trinajstić information content (AvgIpc) is 3.03. The topological polar surface area (TPSA) is 14.2 Å². The highest BCUT2D eigenvalue weighted by Gasteiger charge is 2.09. The Hall–Kier alpha value is -2.22. The van der Waals surface area contributed by atoms with Gasteiger partial charge in [0.2, 0.25) is 0 Å². The highest BCUT2D eigenvalue weighted by Crippen LogP contribution is 2.26. The third-order valence-corrected chi connectivity index (χ3v) is 3.98. The third-order valence-electron chi connectivity index (χ3n) is 3.98. The quantitative estimate of drug-likeness (QED) is 0.724. The lowest BCUT2D eigenvalue weighted by atomic mass is 10.1. The van der Waals surface area contributed by atoms with Gasteiger partial charge in [0.05, 0.1) is 5.69 Å². The molecule has 1 aliphatic carbocycles. The molecule has 3 rings (SSSR count). The summed E-state index contributed by atoms with van der Waals surface area (Å²) in [5.41, 5.74) is 3.82. The van der Waals surface area contributed by atoms with Crippen LogP contribution in [0.4, 0.5) is 0 Å². The van der Waals surface area contributed by atoms with E-state index in [1.807, 2.05) is 6.07 Å². The molecule has 0 bridgehead atoms. The maximum absolute atomic E-state index is 6.11. The molecule has 0 N–H and O–H groups in total. The van der Waals surface area contributed by atoms with Crippen molar-refractivity contribution in [1.29, 1.82) is 0 Å². The average molecular weight is 293 g/mol. The van der Waals surface area contributed by atoms with E-state index in [-0.39, 0.29) is 0 Å². The number of allylic oxidation sites excluding steroid dienone is 3. The van der Waals surface area contributed by atoms with Crippen LogP contribution in [0.5, 0.6) is 5.75 Å². The number of ether oxygens (including phenoxy) is 1. The van der Waals surface area contributed by atoms with Crippen LogP contribution >= 0.6 is 0 Å². The first kappa shape index (κ1) is 14.7. The van der Waals surface area contributed by atoms with Crippen molar-refractivity contribution >= 4 is 0 Å². The Kier molecular flexibility index (Phi) is 4.79. The van der Waals surface area contributed by atoms with Crippen molar-refractivity contribution < 1.29 is 4.74 Å². The number of hydrogen-bond donors (Lipinski definition) is 0. The van der Waals surface area contributed by atoms with Gasteiger partial charge in [0.25, 0.3) is 0 Å². The number of nitrogens with zero attached hydrogens (tertiary/aromatic N) is 1. The summed E-state index contributed by atoms with van der Waals surface area (Å²) in [6.07, 6.45) is 13.1. The molecule has 0 atom stereocenters. The minimum Gasteiger partial charge on any atom is -0.487 e. The van der Waals surface area contributed by atoms with Gasteiger partial charge in [-0.3, -0.25) is 0 Å². The monoisotopic (exact) mass is 293 g/mol. The molecule has 1 aromatic carbocycles. The smallest absolute Gasteiger partial charge is 0.143 e. The summed E-state index contributed by atoms with van der Waals surface area (Å²) < 4.78 is 8.35. The molecule has 0 saturated carbocycles. The molecule has 0 unspecified atom stereocenters. The maximum Gasteiger partial charge on any atom is 0.143 e. The molecule has 1 aromatic heterocycles. The molecule has 0 aliphatic heterocycles. The van der Waals surface area contributed by atoms with Gasteiger partial charge < -0.3 is 9.30 Å². The summed E-state index contributed by atoms with van der Waals surface area (Å²) >= 11 is 0. The second-order valence-corrected chi connectivity index (χ2v) is 5.67. The van der Waals surface area contributed by atoms with Gasteiger partial charge in [-0.1, -0.05) is 43.7 Å². The van der Waals surface area contributed by atoms with E-state index in [2.05, 4.69) is 66.2 Å². The second-order valence-electron chi connectivity index (χ2n) is 5.67. The fraction of sp³-hybridized carbons (Fsp3) is 0.300. The van der Waals surface area contributed by atoms with Gasteiger partial charge in [-0.2, -0.15) is 0 Å².